The fourth-order valence-electron chi connectivity index (χ4n) is 3.00. The second kappa shape index (κ2) is 8.09. The third kappa shape index (κ3) is 3.89. The van der Waals surface area contributed by atoms with E-state index in [2.05, 4.69) is 15.0 Å². The van der Waals surface area contributed by atoms with Crippen LogP contribution in [0.5, 0.6) is 0 Å². The zero-order valence-electron chi connectivity index (χ0n) is 16.4. The van der Waals surface area contributed by atoms with Crippen molar-refractivity contribution in [3.63, 3.8) is 0 Å². The molecule has 0 N–H and O–H groups in total. The second-order valence-corrected chi connectivity index (χ2v) is 8.32. The first-order valence-corrected chi connectivity index (χ1v) is 10.3. The lowest BCUT2D eigenvalue weighted by Gasteiger charge is -2.07. The lowest BCUT2D eigenvalue weighted by atomic mass is 9.99. The van der Waals surface area contributed by atoms with E-state index in [1.54, 1.807) is 32.3 Å². The molecule has 1 aliphatic carbocycles. The van der Waals surface area contributed by atoms with E-state index in [9.17, 15) is 14.4 Å². The summed E-state index contributed by atoms with van der Waals surface area (Å²) in [5, 5.41) is 8.49. The van der Waals surface area contributed by atoms with Gasteiger partial charge in [-0.1, -0.05) is 23.2 Å². The molecule has 0 bridgehead atoms. The molecule has 3 aromatic rings. The smallest absolute Gasteiger partial charge is 0.368 e. The Morgan fingerprint density at radius 1 is 1.35 bits per heavy atom. The Bertz CT molecular complexity index is 1310. The van der Waals surface area contributed by atoms with Gasteiger partial charge in [0.05, 0.1) is 5.02 Å². The molecule has 0 spiro atoms. The number of nitrogens with zero attached hydrogens (tertiary/aromatic N) is 4. The number of hydrogen-bond acceptors (Lipinski definition) is 8. The summed E-state index contributed by atoms with van der Waals surface area (Å²) in [6.45, 7) is 0. The molecule has 2 heterocycles. The number of terminal acetylenes is 1. The van der Waals surface area contributed by atoms with E-state index in [0.29, 0.717) is 15.8 Å². The van der Waals surface area contributed by atoms with Crippen molar-refractivity contribution in [2.75, 3.05) is 0 Å². The first-order valence-electron chi connectivity index (χ1n) is 9.10. The minimum atomic E-state index is -0.944. The van der Waals surface area contributed by atoms with Crippen molar-refractivity contribution >= 4 is 35.1 Å². The highest BCUT2D eigenvalue weighted by atomic mass is 35.5. The Morgan fingerprint density at radius 2 is 2.10 bits per heavy atom. The maximum Gasteiger partial charge on any atom is 0.375 e. The summed E-state index contributed by atoms with van der Waals surface area (Å²) in [6, 6.07) is 4.79. The molecule has 0 atom stereocenters. The van der Waals surface area contributed by atoms with Crippen LogP contribution in [-0.4, -0.2) is 31.3 Å². The normalized spacial score (nSPS) is 13.1. The summed E-state index contributed by atoms with van der Waals surface area (Å²) >= 11 is 7.62. The van der Waals surface area contributed by atoms with Gasteiger partial charge in [-0.15, -0.1) is 5.10 Å². The van der Waals surface area contributed by atoms with Crippen LogP contribution in [0.2, 0.25) is 5.02 Å². The van der Waals surface area contributed by atoms with Crippen molar-refractivity contribution in [3.05, 3.63) is 56.3 Å². The highest BCUT2D eigenvalue weighted by Gasteiger charge is 2.38. The highest BCUT2D eigenvalue weighted by molar-refractivity contribution is 7.99. The summed E-state index contributed by atoms with van der Waals surface area (Å²) in [6.07, 6.45) is 8.45. The zero-order chi connectivity index (χ0) is 22.3. The van der Waals surface area contributed by atoms with E-state index in [1.807, 2.05) is 0 Å². The third-order valence-corrected chi connectivity index (χ3v) is 6.06. The van der Waals surface area contributed by atoms with Gasteiger partial charge in [-0.2, -0.15) is 0 Å². The quantitative estimate of drug-likeness (QED) is 0.315. The zero-order valence-corrected chi connectivity index (χ0v) is 18.0. The molecule has 0 aliphatic heterocycles. The van der Waals surface area contributed by atoms with Crippen molar-refractivity contribution in [2.45, 2.75) is 28.8 Å². The van der Waals surface area contributed by atoms with Gasteiger partial charge in [0.2, 0.25) is 11.5 Å². The molecule has 0 unspecified atom stereocenters. The van der Waals surface area contributed by atoms with Crippen molar-refractivity contribution in [1.82, 2.24) is 19.5 Å². The van der Waals surface area contributed by atoms with Crippen LogP contribution in [0.25, 0.3) is 0 Å². The number of ketones is 1. The van der Waals surface area contributed by atoms with Crippen LogP contribution in [0.4, 0.5) is 0 Å². The number of hydrogen-bond donors (Lipinski definition) is 0. The molecule has 158 valence electrons. The predicted molar refractivity (Wildman–Crippen MR) is 110 cm³/mol. The number of benzene rings is 1. The molecule has 1 fully saturated rings. The lowest BCUT2D eigenvalue weighted by Crippen LogP contribution is -2.20. The van der Waals surface area contributed by atoms with E-state index in [0.717, 1.165) is 12.8 Å². The van der Waals surface area contributed by atoms with Gasteiger partial charge < -0.3 is 9.26 Å². The van der Waals surface area contributed by atoms with Crippen LogP contribution in [-0.2, 0) is 18.8 Å². The summed E-state index contributed by atoms with van der Waals surface area (Å²) in [5.41, 5.74) is -0.354. The Labute approximate surface area is 185 Å². The average molecular weight is 459 g/mol. The Hall–Kier alpha value is -3.29. The molecule has 4 rings (SSSR count). The number of carbonyl (C=O) groups excluding carboxylic acids is 2. The van der Waals surface area contributed by atoms with E-state index in [4.69, 9.17) is 22.5 Å². The third-order valence-electron chi connectivity index (χ3n) is 4.72. The predicted octanol–water partition coefficient (Wildman–Crippen LogP) is 2.77. The van der Waals surface area contributed by atoms with E-state index < -0.39 is 11.8 Å². The summed E-state index contributed by atoms with van der Waals surface area (Å²) in [5.74, 6) is -1.12. The first-order chi connectivity index (χ1) is 14.8. The van der Waals surface area contributed by atoms with E-state index >= 15 is 0 Å². The van der Waals surface area contributed by atoms with Crippen LogP contribution in [0.1, 0.15) is 50.9 Å². The Kier molecular flexibility index (Phi) is 5.47. The molecule has 0 saturated heterocycles. The van der Waals surface area contributed by atoms with Crippen molar-refractivity contribution in [3.8, 4) is 12.5 Å². The van der Waals surface area contributed by atoms with Gasteiger partial charge in [0.25, 0.3) is 0 Å². The SMILES string of the molecule is C#COC(=O)c1noc(C2CC2)c1C(=O)c1ccc(Sc2nn(C)c(=O)n2C)cc1Cl. The number of aromatic nitrogens is 4. The van der Waals surface area contributed by atoms with Gasteiger partial charge in [0.15, 0.2) is 10.9 Å². The highest BCUT2D eigenvalue weighted by Crippen LogP contribution is 2.43. The fraction of sp³-hybridized carbons (Fsp3) is 0.250. The summed E-state index contributed by atoms with van der Waals surface area (Å²) in [7, 11) is 3.17. The molecule has 9 nitrogen and oxygen atoms in total. The van der Waals surface area contributed by atoms with E-state index in [1.165, 1.54) is 27.1 Å². The monoisotopic (exact) mass is 458 g/mol. The van der Waals surface area contributed by atoms with Gasteiger partial charge in [-0.05, 0) is 42.8 Å². The van der Waals surface area contributed by atoms with Gasteiger partial charge >= 0.3 is 11.7 Å². The number of carbonyl (C=O) groups is 2. The molecule has 11 heteroatoms. The number of rotatable bonds is 6. The standard InChI is InChI=1S/C20H15ClN4O5S/c1-4-29-18(27)15-14(17(30-23-15)10-5-6-10)16(26)12-8-7-11(9-13(12)21)31-19-22-25(3)20(28)24(19)2/h1,7-10H,5-6H2,2-3H3. The summed E-state index contributed by atoms with van der Waals surface area (Å²) < 4.78 is 12.4. The Morgan fingerprint density at radius 3 is 2.68 bits per heavy atom. The number of esters is 1. The van der Waals surface area contributed by atoms with Crippen LogP contribution in [0, 0.1) is 12.5 Å². The summed E-state index contributed by atoms with van der Waals surface area (Å²) in [4.78, 5) is 38.0. The van der Waals surface area contributed by atoms with Gasteiger partial charge in [0, 0.05) is 30.5 Å². The molecule has 1 saturated carbocycles. The molecule has 0 amide bonds. The topological polar surface area (TPSA) is 109 Å². The minimum Gasteiger partial charge on any atom is -0.368 e. The van der Waals surface area contributed by atoms with Crippen molar-refractivity contribution in [1.29, 1.82) is 0 Å². The maximum absolute atomic E-state index is 13.3. The molecule has 0 radical (unpaired) electrons. The van der Waals surface area contributed by atoms with Crippen LogP contribution < -0.4 is 5.69 Å². The van der Waals surface area contributed by atoms with Gasteiger partial charge in [-0.25, -0.2) is 14.3 Å². The maximum atomic E-state index is 13.3. The number of halogens is 1. The van der Waals surface area contributed by atoms with Gasteiger partial charge in [-0.3, -0.25) is 9.36 Å². The Balaban J connectivity index is 1.68. The molecular weight excluding hydrogens is 444 g/mol. The van der Waals surface area contributed by atoms with Gasteiger partial charge in [0.1, 0.15) is 11.7 Å². The van der Waals surface area contributed by atoms with Crippen molar-refractivity contribution < 1.29 is 18.8 Å². The molecule has 2 aromatic heterocycles. The number of ether oxygens (including phenoxy) is 1. The fourth-order valence-corrected chi connectivity index (χ4v) is 4.23. The van der Waals surface area contributed by atoms with Crippen LogP contribution in [0.15, 0.2) is 37.6 Å². The van der Waals surface area contributed by atoms with Crippen molar-refractivity contribution in [2.24, 2.45) is 14.1 Å². The number of aryl methyl sites for hydroxylation is 1. The average Bonchev–Trinajstić information content (AvgIpc) is 3.44. The molecule has 31 heavy (non-hydrogen) atoms. The van der Waals surface area contributed by atoms with E-state index in [-0.39, 0.29) is 33.5 Å². The first kappa shape index (κ1) is 21.0. The molecule has 1 aliphatic rings. The molecular formula is C20H15ClN4O5S. The second-order valence-electron chi connectivity index (χ2n) is 6.87. The van der Waals surface area contributed by atoms with Crippen LogP contribution >= 0.6 is 23.4 Å². The minimum absolute atomic E-state index is 0.0113. The van der Waals surface area contributed by atoms with Crippen LogP contribution in [0.3, 0.4) is 0 Å². The molecule has 1 aromatic carbocycles. The largest absolute Gasteiger partial charge is 0.375 e. The lowest BCUT2D eigenvalue weighted by molar-refractivity contribution is 0.0676.